The van der Waals surface area contributed by atoms with Gasteiger partial charge in [0.05, 0.1) is 5.56 Å². The van der Waals surface area contributed by atoms with E-state index in [1.54, 1.807) is 6.07 Å². The maximum absolute atomic E-state index is 12.3. The maximum atomic E-state index is 12.3. The van der Waals surface area contributed by atoms with Crippen molar-refractivity contribution < 1.29 is 22.7 Å². The summed E-state index contributed by atoms with van der Waals surface area (Å²) >= 11 is 0. The molecule has 1 aromatic rings. The average Bonchev–Trinajstić information content (AvgIpc) is 2.28. The second-order valence-electron chi connectivity index (χ2n) is 3.29. The first-order valence-corrected chi connectivity index (χ1v) is 4.61. The second kappa shape index (κ2) is 4.87. The Hall–Kier alpha value is -2.03. The lowest BCUT2D eigenvalue weighted by molar-refractivity contribution is -0.189. The Kier molecular flexibility index (Phi) is 3.73. The van der Waals surface area contributed by atoms with E-state index in [0.29, 0.717) is 6.29 Å². The summed E-state index contributed by atoms with van der Waals surface area (Å²) in [4.78, 5) is 10.4. The van der Waals surface area contributed by atoms with Gasteiger partial charge in [-0.1, -0.05) is 0 Å². The Bertz CT molecular complexity index is 463. The molecule has 0 aliphatic heterocycles. The van der Waals surface area contributed by atoms with Crippen LogP contribution in [0.2, 0.25) is 0 Å². The number of benzene rings is 1. The second-order valence-corrected chi connectivity index (χ2v) is 3.29. The number of hydrogen-bond acceptors (Lipinski definition) is 3. The molecule has 3 nitrogen and oxygen atoms in total. The van der Waals surface area contributed by atoms with E-state index in [-0.39, 0.29) is 16.9 Å². The molecule has 1 aromatic carbocycles. The van der Waals surface area contributed by atoms with Crippen molar-refractivity contribution in [3.63, 3.8) is 0 Å². The maximum Gasteiger partial charge on any atom is 0.425 e. The number of hydrogen-bond donors (Lipinski definition) is 0. The molecule has 0 N–H and O–H groups in total. The van der Waals surface area contributed by atoms with Crippen LogP contribution in [0, 0.1) is 11.3 Å². The van der Waals surface area contributed by atoms with Gasteiger partial charge in [-0.3, -0.25) is 4.79 Å². The van der Waals surface area contributed by atoms with Crippen molar-refractivity contribution in [1.82, 2.24) is 0 Å². The molecule has 90 valence electrons. The monoisotopic (exact) mass is 243 g/mol. The van der Waals surface area contributed by atoms with Crippen LogP contribution in [0.5, 0.6) is 5.75 Å². The van der Waals surface area contributed by atoms with Crippen LogP contribution in [0.25, 0.3) is 0 Å². The summed E-state index contributed by atoms with van der Waals surface area (Å²) in [5.41, 5.74) is 0.0965. The normalized spacial score (nSPS) is 12.6. The summed E-state index contributed by atoms with van der Waals surface area (Å²) in [6.07, 6.45) is -6.02. The van der Waals surface area contributed by atoms with Crippen LogP contribution in [0.15, 0.2) is 18.2 Å². The molecule has 1 rings (SSSR count). The van der Waals surface area contributed by atoms with Gasteiger partial charge in [0.25, 0.3) is 0 Å². The highest BCUT2D eigenvalue weighted by molar-refractivity contribution is 5.76. The van der Waals surface area contributed by atoms with Gasteiger partial charge in [-0.15, -0.1) is 0 Å². The third-order valence-corrected chi connectivity index (χ3v) is 2.02. The Morgan fingerprint density at radius 3 is 2.59 bits per heavy atom. The number of carbonyl (C=O) groups excluding carboxylic acids is 1. The highest BCUT2D eigenvalue weighted by atomic mass is 19.4. The highest BCUT2D eigenvalue weighted by Gasteiger charge is 2.38. The van der Waals surface area contributed by atoms with Gasteiger partial charge in [-0.2, -0.15) is 18.4 Å². The largest absolute Gasteiger partial charge is 0.480 e. The lowest BCUT2D eigenvalue weighted by Gasteiger charge is -2.18. The number of alkyl halides is 3. The predicted molar refractivity (Wildman–Crippen MR) is 52.7 cm³/mol. The molecule has 0 fully saturated rings. The van der Waals surface area contributed by atoms with Crippen molar-refractivity contribution in [1.29, 1.82) is 5.26 Å². The van der Waals surface area contributed by atoms with Crippen LogP contribution < -0.4 is 4.74 Å². The molecule has 0 saturated heterocycles. The number of halogens is 3. The number of carbonyl (C=O) groups is 1. The number of nitrogens with zero attached hydrogens (tertiary/aromatic N) is 1. The fraction of sp³-hybridized carbons (Fsp3) is 0.273. The number of rotatable bonds is 3. The molecule has 17 heavy (non-hydrogen) atoms. The number of ether oxygens (including phenoxy) is 1. The fourth-order valence-corrected chi connectivity index (χ4v) is 1.07. The molecule has 0 aromatic heterocycles. The molecular formula is C11H8F3NO2. The van der Waals surface area contributed by atoms with Gasteiger partial charge in [0.1, 0.15) is 18.1 Å². The zero-order valence-corrected chi connectivity index (χ0v) is 8.78. The smallest absolute Gasteiger partial charge is 0.425 e. The summed E-state index contributed by atoms with van der Waals surface area (Å²) in [5, 5.41) is 8.73. The average molecular weight is 243 g/mol. The number of nitriles is 1. The molecule has 0 heterocycles. The van der Waals surface area contributed by atoms with Crippen molar-refractivity contribution in [2.45, 2.75) is 19.2 Å². The molecule has 0 saturated carbocycles. The van der Waals surface area contributed by atoms with E-state index >= 15 is 0 Å². The van der Waals surface area contributed by atoms with Gasteiger partial charge in [0.15, 0.2) is 6.10 Å². The van der Waals surface area contributed by atoms with E-state index in [1.165, 1.54) is 18.2 Å². The fourth-order valence-electron chi connectivity index (χ4n) is 1.07. The minimum Gasteiger partial charge on any atom is -0.480 e. The van der Waals surface area contributed by atoms with Crippen molar-refractivity contribution in [3.05, 3.63) is 29.3 Å². The van der Waals surface area contributed by atoms with Crippen molar-refractivity contribution >= 4 is 6.29 Å². The summed E-state index contributed by atoms with van der Waals surface area (Å²) in [6.45, 7) is 0.842. The Morgan fingerprint density at radius 2 is 2.12 bits per heavy atom. The van der Waals surface area contributed by atoms with Crippen molar-refractivity contribution in [2.75, 3.05) is 0 Å². The SMILES string of the molecule is C[C@H](Oc1ccc(C=O)cc1C#N)C(F)(F)F. The molecule has 0 amide bonds. The van der Waals surface area contributed by atoms with Gasteiger partial charge in [-0.05, 0) is 25.1 Å². The molecule has 6 heteroatoms. The molecule has 0 unspecified atom stereocenters. The van der Waals surface area contributed by atoms with E-state index in [9.17, 15) is 18.0 Å². The first-order chi connectivity index (χ1) is 7.88. The predicted octanol–water partition coefficient (Wildman–Crippen LogP) is 2.70. The molecule has 1 atom stereocenters. The minimum atomic E-state index is -4.50. The summed E-state index contributed by atoms with van der Waals surface area (Å²) < 4.78 is 41.4. The van der Waals surface area contributed by atoms with Gasteiger partial charge < -0.3 is 4.74 Å². The minimum absolute atomic E-state index is 0.106. The Morgan fingerprint density at radius 1 is 1.47 bits per heavy atom. The van der Waals surface area contributed by atoms with Gasteiger partial charge in [0.2, 0.25) is 0 Å². The molecule has 0 bridgehead atoms. The van der Waals surface area contributed by atoms with Gasteiger partial charge in [-0.25, -0.2) is 0 Å². The van der Waals surface area contributed by atoms with Crippen LogP contribution in [0.3, 0.4) is 0 Å². The molecular weight excluding hydrogens is 235 g/mol. The van der Waals surface area contributed by atoms with E-state index < -0.39 is 12.3 Å². The lowest BCUT2D eigenvalue weighted by Crippen LogP contribution is -2.31. The molecule has 0 spiro atoms. The standard InChI is InChI=1S/C11H8F3NO2/c1-7(11(12,13)14)17-10-3-2-8(6-16)4-9(10)5-15/h2-4,6-7H,1H3/t7-/m0/s1. The van der Waals surface area contributed by atoms with Gasteiger partial charge in [0, 0.05) is 5.56 Å². The summed E-state index contributed by atoms with van der Waals surface area (Å²) in [7, 11) is 0. The molecule has 0 aliphatic carbocycles. The quantitative estimate of drug-likeness (QED) is 0.767. The van der Waals surface area contributed by atoms with Gasteiger partial charge >= 0.3 is 6.18 Å². The first kappa shape index (κ1) is 13.0. The van der Waals surface area contributed by atoms with E-state index in [4.69, 9.17) is 5.26 Å². The van der Waals surface area contributed by atoms with Crippen LogP contribution in [-0.4, -0.2) is 18.6 Å². The number of aldehydes is 1. The van der Waals surface area contributed by atoms with Crippen LogP contribution in [0.4, 0.5) is 13.2 Å². The van der Waals surface area contributed by atoms with E-state index in [2.05, 4.69) is 4.74 Å². The highest BCUT2D eigenvalue weighted by Crippen LogP contribution is 2.27. The van der Waals surface area contributed by atoms with E-state index in [1.807, 2.05) is 0 Å². The zero-order chi connectivity index (χ0) is 13.1. The Balaban J connectivity index is 3.00. The zero-order valence-electron chi connectivity index (χ0n) is 8.78. The summed E-state index contributed by atoms with van der Waals surface area (Å²) in [5.74, 6) is -0.192. The van der Waals surface area contributed by atoms with Crippen LogP contribution in [0.1, 0.15) is 22.8 Å². The lowest BCUT2D eigenvalue weighted by atomic mass is 10.1. The topological polar surface area (TPSA) is 50.1 Å². The third-order valence-electron chi connectivity index (χ3n) is 2.02. The Labute approximate surface area is 95.4 Å². The summed E-state index contributed by atoms with van der Waals surface area (Å²) in [6, 6.07) is 5.30. The molecule has 0 aliphatic rings. The van der Waals surface area contributed by atoms with Crippen LogP contribution >= 0.6 is 0 Å². The van der Waals surface area contributed by atoms with Crippen molar-refractivity contribution in [3.8, 4) is 11.8 Å². The van der Waals surface area contributed by atoms with E-state index in [0.717, 1.165) is 6.92 Å². The van der Waals surface area contributed by atoms with Crippen LogP contribution in [-0.2, 0) is 0 Å². The van der Waals surface area contributed by atoms with Crippen molar-refractivity contribution in [2.24, 2.45) is 0 Å². The molecule has 0 radical (unpaired) electrons. The first-order valence-electron chi connectivity index (χ1n) is 4.61. The third kappa shape index (κ3) is 3.21.